The van der Waals surface area contributed by atoms with E-state index in [0.29, 0.717) is 23.6 Å². The fourth-order valence-corrected chi connectivity index (χ4v) is 5.38. The van der Waals surface area contributed by atoms with Crippen LogP contribution in [0.25, 0.3) is 0 Å². The van der Waals surface area contributed by atoms with Crippen molar-refractivity contribution in [3.63, 3.8) is 0 Å². The van der Waals surface area contributed by atoms with Gasteiger partial charge in [0.1, 0.15) is 17.2 Å². The minimum atomic E-state index is -0.501. The number of nitrogens with zero attached hydrogens (tertiary/aromatic N) is 1. The number of hydrogen-bond donors (Lipinski definition) is 1. The van der Waals surface area contributed by atoms with E-state index in [1.165, 1.54) is 5.56 Å². The van der Waals surface area contributed by atoms with E-state index < -0.39 is 6.04 Å². The van der Waals surface area contributed by atoms with Crippen LogP contribution < -0.4 is 10.1 Å². The molecule has 2 aromatic rings. The van der Waals surface area contributed by atoms with Gasteiger partial charge in [-0.2, -0.15) is 0 Å². The second-order valence-corrected chi connectivity index (χ2v) is 10.6. The molecule has 0 aliphatic carbocycles. The van der Waals surface area contributed by atoms with Crippen molar-refractivity contribution in [2.45, 2.75) is 63.8 Å². The maximum absolute atomic E-state index is 13.6. The topological polar surface area (TPSA) is 58.6 Å². The fourth-order valence-electron chi connectivity index (χ4n) is 3.95. The van der Waals surface area contributed by atoms with Crippen molar-refractivity contribution in [1.82, 2.24) is 10.2 Å². The number of amides is 2. The molecule has 1 heterocycles. The van der Waals surface area contributed by atoms with E-state index >= 15 is 0 Å². The Morgan fingerprint density at radius 3 is 2.30 bits per heavy atom. The first-order chi connectivity index (χ1) is 15.8. The predicted molar refractivity (Wildman–Crippen MR) is 136 cm³/mol. The molecule has 1 N–H and O–H groups in total. The molecule has 2 amide bonds. The third-order valence-corrected chi connectivity index (χ3v) is 7.34. The summed E-state index contributed by atoms with van der Waals surface area (Å²) in [7, 11) is 1.60. The van der Waals surface area contributed by atoms with E-state index in [2.05, 4.69) is 57.3 Å². The summed E-state index contributed by atoms with van der Waals surface area (Å²) < 4.78 is 5.23. The zero-order valence-electron chi connectivity index (χ0n) is 20.4. The Morgan fingerprint density at radius 1 is 1.06 bits per heavy atom. The van der Waals surface area contributed by atoms with Crippen LogP contribution in [-0.2, 0) is 10.2 Å². The van der Waals surface area contributed by atoms with Gasteiger partial charge in [0.05, 0.1) is 7.11 Å². The highest BCUT2D eigenvalue weighted by molar-refractivity contribution is 7.99. The first-order valence-corrected chi connectivity index (χ1v) is 12.8. The van der Waals surface area contributed by atoms with Crippen molar-refractivity contribution in [1.29, 1.82) is 0 Å². The molecule has 5 nitrogen and oxygen atoms in total. The number of thioether (sulfide) groups is 1. The first-order valence-electron chi connectivity index (χ1n) is 11.7. The van der Waals surface area contributed by atoms with Crippen molar-refractivity contribution in [2.75, 3.05) is 19.4 Å². The number of ether oxygens (including phenoxy) is 1. The number of hydrogen-bond acceptors (Lipinski definition) is 4. The molecule has 2 atom stereocenters. The molecule has 1 aliphatic rings. The van der Waals surface area contributed by atoms with Gasteiger partial charge in [-0.3, -0.25) is 9.59 Å². The summed E-state index contributed by atoms with van der Waals surface area (Å²) in [5, 5.41) is 2.84. The van der Waals surface area contributed by atoms with Crippen LogP contribution in [0.5, 0.6) is 5.75 Å². The maximum atomic E-state index is 13.6. The van der Waals surface area contributed by atoms with Crippen LogP contribution in [0.1, 0.15) is 73.8 Å². The van der Waals surface area contributed by atoms with E-state index in [9.17, 15) is 9.59 Å². The zero-order valence-corrected chi connectivity index (χ0v) is 21.2. The molecule has 2 unspecified atom stereocenters. The minimum Gasteiger partial charge on any atom is -0.497 e. The van der Waals surface area contributed by atoms with E-state index in [1.54, 1.807) is 48.0 Å². The van der Waals surface area contributed by atoms with Crippen LogP contribution in [0, 0.1) is 0 Å². The zero-order chi connectivity index (χ0) is 24.0. The molecular formula is C27H36N2O3S. The summed E-state index contributed by atoms with van der Waals surface area (Å²) in [5.74, 6) is 1.06. The van der Waals surface area contributed by atoms with Gasteiger partial charge in [-0.25, -0.2) is 0 Å². The van der Waals surface area contributed by atoms with Gasteiger partial charge < -0.3 is 15.0 Å². The number of carbonyl (C=O) groups is 2. The number of unbranched alkanes of at least 4 members (excludes halogenated alkanes) is 2. The lowest BCUT2D eigenvalue weighted by atomic mass is 9.86. The van der Waals surface area contributed by atoms with E-state index in [0.717, 1.165) is 24.8 Å². The highest BCUT2D eigenvalue weighted by Gasteiger charge is 2.42. The van der Waals surface area contributed by atoms with Gasteiger partial charge in [-0.05, 0) is 47.2 Å². The number of methoxy groups -OCH3 is 1. The quantitative estimate of drug-likeness (QED) is 0.516. The second-order valence-electron chi connectivity index (χ2n) is 9.51. The van der Waals surface area contributed by atoms with Crippen LogP contribution in [0.4, 0.5) is 0 Å². The van der Waals surface area contributed by atoms with E-state index in [4.69, 9.17) is 4.74 Å². The summed E-state index contributed by atoms with van der Waals surface area (Å²) in [5.41, 5.74) is 2.89. The van der Waals surface area contributed by atoms with Crippen LogP contribution in [0.3, 0.4) is 0 Å². The van der Waals surface area contributed by atoms with Crippen LogP contribution >= 0.6 is 11.8 Å². The van der Waals surface area contributed by atoms with E-state index in [-0.39, 0.29) is 22.6 Å². The molecule has 178 valence electrons. The molecule has 0 spiro atoms. The Morgan fingerprint density at radius 2 is 1.73 bits per heavy atom. The molecule has 1 fully saturated rings. The SMILES string of the molecule is CCCCCNC(=O)C1CSC(c2ccc(C(C)(C)C)cc2)N1C(=O)c1ccc(OC)cc1. The second kappa shape index (κ2) is 11.1. The third-order valence-electron chi connectivity index (χ3n) is 6.02. The van der Waals surface area contributed by atoms with Crippen molar-refractivity contribution < 1.29 is 14.3 Å². The summed E-state index contributed by atoms with van der Waals surface area (Å²) in [4.78, 5) is 28.5. The van der Waals surface area contributed by atoms with Crippen molar-refractivity contribution in [3.05, 3.63) is 65.2 Å². The average molecular weight is 469 g/mol. The molecule has 3 rings (SSSR count). The number of benzene rings is 2. The third kappa shape index (κ3) is 6.11. The van der Waals surface area contributed by atoms with Gasteiger partial charge in [0, 0.05) is 17.9 Å². The molecule has 6 heteroatoms. The van der Waals surface area contributed by atoms with Crippen LogP contribution in [0.2, 0.25) is 0 Å². The maximum Gasteiger partial charge on any atom is 0.255 e. The summed E-state index contributed by atoms with van der Waals surface area (Å²) in [6, 6.07) is 15.0. The smallest absolute Gasteiger partial charge is 0.255 e. The van der Waals surface area contributed by atoms with E-state index in [1.807, 2.05) is 0 Å². The van der Waals surface area contributed by atoms with Crippen molar-refractivity contribution >= 4 is 23.6 Å². The Hall–Kier alpha value is -2.47. The lowest BCUT2D eigenvalue weighted by Gasteiger charge is -2.30. The highest BCUT2D eigenvalue weighted by atomic mass is 32.2. The molecule has 33 heavy (non-hydrogen) atoms. The number of carbonyl (C=O) groups excluding carboxylic acids is 2. The standard InChI is InChI=1S/C27H36N2O3S/c1-6-7-8-17-28-24(30)23-18-33-26(20-9-13-21(14-10-20)27(2,3)4)29(23)25(31)19-11-15-22(32-5)16-12-19/h9-16,23,26H,6-8,17-18H2,1-5H3,(H,28,30). The fraction of sp³-hybridized carbons (Fsp3) is 0.481. The molecule has 0 aromatic heterocycles. The molecule has 0 saturated carbocycles. The van der Waals surface area contributed by atoms with Gasteiger partial charge in [-0.1, -0.05) is 64.8 Å². The molecule has 2 aromatic carbocycles. The molecule has 0 bridgehead atoms. The molecule has 1 aliphatic heterocycles. The number of nitrogens with one attached hydrogen (secondary N) is 1. The minimum absolute atomic E-state index is 0.0564. The van der Waals surface area contributed by atoms with Gasteiger partial charge in [0.15, 0.2) is 0 Å². The summed E-state index contributed by atoms with van der Waals surface area (Å²) >= 11 is 1.65. The predicted octanol–water partition coefficient (Wildman–Crippen LogP) is 5.56. The molecule has 0 radical (unpaired) electrons. The monoisotopic (exact) mass is 468 g/mol. The first kappa shape index (κ1) is 25.2. The van der Waals surface area contributed by atoms with Crippen molar-refractivity contribution in [3.8, 4) is 5.75 Å². The van der Waals surface area contributed by atoms with Crippen molar-refractivity contribution in [2.24, 2.45) is 0 Å². The lowest BCUT2D eigenvalue weighted by molar-refractivity contribution is -0.124. The molecular weight excluding hydrogens is 432 g/mol. The highest BCUT2D eigenvalue weighted by Crippen LogP contribution is 2.43. The Balaban J connectivity index is 1.87. The largest absolute Gasteiger partial charge is 0.497 e. The van der Waals surface area contributed by atoms with Crippen LogP contribution in [0.15, 0.2) is 48.5 Å². The Labute approximate surface area is 202 Å². The number of rotatable bonds is 8. The summed E-state index contributed by atoms with van der Waals surface area (Å²) in [6.45, 7) is 9.34. The average Bonchev–Trinajstić information content (AvgIpc) is 3.26. The Kier molecular flexibility index (Phi) is 8.46. The Bertz CT molecular complexity index is 935. The van der Waals surface area contributed by atoms with Gasteiger partial charge in [-0.15, -0.1) is 11.8 Å². The van der Waals surface area contributed by atoms with Gasteiger partial charge >= 0.3 is 0 Å². The van der Waals surface area contributed by atoms with Gasteiger partial charge in [0.25, 0.3) is 5.91 Å². The van der Waals surface area contributed by atoms with Gasteiger partial charge in [0.2, 0.25) is 5.91 Å². The lowest BCUT2D eigenvalue weighted by Crippen LogP contribution is -2.48. The van der Waals surface area contributed by atoms with Crippen LogP contribution in [-0.4, -0.2) is 42.2 Å². The normalized spacial score (nSPS) is 18.3. The molecule has 1 saturated heterocycles. The summed E-state index contributed by atoms with van der Waals surface area (Å²) in [6.07, 6.45) is 3.13.